The predicted octanol–water partition coefficient (Wildman–Crippen LogP) is 4.53. The van der Waals surface area contributed by atoms with E-state index in [9.17, 15) is 18.0 Å². The van der Waals surface area contributed by atoms with E-state index in [0.717, 1.165) is 30.7 Å². The zero-order valence-electron chi connectivity index (χ0n) is 17.5. The molecule has 2 heterocycles. The van der Waals surface area contributed by atoms with Gasteiger partial charge in [0.05, 0.1) is 25.7 Å². The van der Waals surface area contributed by atoms with Crippen molar-refractivity contribution in [2.75, 3.05) is 33.1 Å². The molecule has 2 aromatic rings. The lowest BCUT2D eigenvalue weighted by atomic mass is 9.99. The molecule has 0 atom stereocenters. The lowest BCUT2D eigenvalue weighted by Crippen LogP contribution is -2.38. The van der Waals surface area contributed by atoms with Gasteiger partial charge in [-0.15, -0.1) is 0 Å². The highest BCUT2D eigenvalue weighted by atomic mass is 32.2. The summed E-state index contributed by atoms with van der Waals surface area (Å²) in [5.74, 6) is 1.27. The third-order valence-corrected chi connectivity index (χ3v) is 5.97. The lowest BCUT2D eigenvalue weighted by Gasteiger charge is -2.30. The smallest absolute Gasteiger partial charge is 0.433 e. The minimum absolute atomic E-state index is 0.0128. The number of methoxy groups -OCH3 is 2. The molecule has 1 saturated heterocycles. The van der Waals surface area contributed by atoms with Gasteiger partial charge in [0.15, 0.2) is 16.7 Å². The van der Waals surface area contributed by atoms with Crippen LogP contribution in [-0.2, 0) is 11.0 Å². The highest BCUT2D eigenvalue weighted by molar-refractivity contribution is 7.99. The van der Waals surface area contributed by atoms with Crippen LogP contribution in [0.5, 0.6) is 11.5 Å². The summed E-state index contributed by atoms with van der Waals surface area (Å²) in [6.45, 7) is 3.48. The molecule has 168 valence electrons. The molecule has 10 heteroatoms. The van der Waals surface area contributed by atoms with Gasteiger partial charge >= 0.3 is 6.18 Å². The third-order valence-electron chi connectivity index (χ3n) is 5.14. The molecule has 0 unspecified atom stereocenters. The van der Waals surface area contributed by atoms with Crippen LogP contribution in [0.4, 0.5) is 13.2 Å². The number of rotatable bonds is 6. The molecule has 6 nitrogen and oxygen atoms in total. The van der Waals surface area contributed by atoms with Crippen LogP contribution in [0.3, 0.4) is 0 Å². The number of piperidine rings is 1. The summed E-state index contributed by atoms with van der Waals surface area (Å²) in [6.07, 6.45) is -2.78. The maximum Gasteiger partial charge on any atom is 0.433 e. The summed E-state index contributed by atoms with van der Waals surface area (Å²) in [5.41, 5.74) is -0.553. The number of benzene rings is 1. The number of carbonyl (C=O) groups excluding carboxylic acids is 1. The maximum atomic E-state index is 13.4. The van der Waals surface area contributed by atoms with Gasteiger partial charge in [0, 0.05) is 18.7 Å². The highest BCUT2D eigenvalue weighted by Crippen LogP contribution is 2.35. The van der Waals surface area contributed by atoms with Gasteiger partial charge in [0.2, 0.25) is 5.91 Å². The van der Waals surface area contributed by atoms with Gasteiger partial charge in [-0.05, 0) is 43.0 Å². The maximum absolute atomic E-state index is 13.4. The van der Waals surface area contributed by atoms with E-state index in [4.69, 9.17) is 9.47 Å². The first-order valence-electron chi connectivity index (χ1n) is 9.80. The summed E-state index contributed by atoms with van der Waals surface area (Å²) in [5, 5.41) is -0.0988. The first-order chi connectivity index (χ1) is 14.7. The van der Waals surface area contributed by atoms with E-state index in [1.807, 2.05) is 0 Å². The van der Waals surface area contributed by atoms with Crippen LogP contribution in [0.1, 0.15) is 25.5 Å². The number of alkyl halides is 3. The number of aromatic nitrogens is 2. The molecule has 1 amide bonds. The number of nitrogens with zero attached hydrogens (tertiary/aromatic N) is 3. The van der Waals surface area contributed by atoms with Crippen molar-refractivity contribution in [3.63, 3.8) is 0 Å². The number of halogens is 3. The third kappa shape index (κ3) is 5.81. The van der Waals surface area contributed by atoms with Crippen LogP contribution in [0.2, 0.25) is 0 Å². The monoisotopic (exact) mass is 455 g/mol. The molecule has 1 aliphatic rings. The number of likely N-dealkylation sites (tertiary alicyclic amines) is 1. The Morgan fingerprint density at radius 2 is 1.81 bits per heavy atom. The predicted molar refractivity (Wildman–Crippen MR) is 111 cm³/mol. The SMILES string of the molecule is COc1ccc(-c2cc(C(F)(F)F)nc(SCC(=O)N3CCC(C)CC3)n2)cc1OC. The average molecular weight is 456 g/mol. The molecular weight excluding hydrogens is 431 g/mol. The molecular formula is C21H24F3N3O3S. The van der Waals surface area contributed by atoms with E-state index in [1.165, 1.54) is 14.2 Å². The number of amides is 1. The number of hydrogen-bond acceptors (Lipinski definition) is 6. The minimum atomic E-state index is -4.64. The van der Waals surface area contributed by atoms with Gasteiger partial charge in [-0.2, -0.15) is 13.2 Å². The topological polar surface area (TPSA) is 64.5 Å². The van der Waals surface area contributed by atoms with Gasteiger partial charge < -0.3 is 14.4 Å². The fraction of sp³-hybridized carbons (Fsp3) is 0.476. The average Bonchev–Trinajstić information content (AvgIpc) is 2.76. The zero-order valence-corrected chi connectivity index (χ0v) is 18.3. The van der Waals surface area contributed by atoms with E-state index in [2.05, 4.69) is 16.9 Å². The molecule has 0 saturated carbocycles. The van der Waals surface area contributed by atoms with Crippen molar-refractivity contribution in [1.29, 1.82) is 0 Å². The quantitative estimate of drug-likeness (QED) is 0.471. The van der Waals surface area contributed by atoms with E-state index >= 15 is 0 Å². The number of hydrogen-bond donors (Lipinski definition) is 0. The molecule has 0 radical (unpaired) electrons. The second-order valence-corrected chi connectivity index (χ2v) is 8.28. The number of carbonyl (C=O) groups is 1. The molecule has 3 rings (SSSR count). The van der Waals surface area contributed by atoms with E-state index in [0.29, 0.717) is 36.1 Å². The van der Waals surface area contributed by atoms with Crippen molar-refractivity contribution in [1.82, 2.24) is 14.9 Å². The van der Waals surface area contributed by atoms with Gasteiger partial charge in [-0.1, -0.05) is 18.7 Å². The van der Waals surface area contributed by atoms with E-state index < -0.39 is 11.9 Å². The zero-order chi connectivity index (χ0) is 22.6. The molecule has 0 bridgehead atoms. The fourth-order valence-electron chi connectivity index (χ4n) is 3.25. The number of ether oxygens (including phenoxy) is 2. The Morgan fingerprint density at radius 3 is 2.42 bits per heavy atom. The minimum Gasteiger partial charge on any atom is -0.493 e. The molecule has 0 aliphatic carbocycles. The van der Waals surface area contributed by atoms with Crippen molar-refractivity contribution in [2.45, 2.75) is 31.1 Å². The summed E-state index contributed by atoms with van der Waals surface area (Å²) < 4.78 is 50.7. The molecule has 0 spiro atoms. The first kappa shape index (κ1) is 23.2. The van der Waals surface area contributed by atoms with Crippen LogP contribution in [0, 0.1) is 5.92 Å². The Morgan fingerprint density at radius 1 is 1.13 bits per heavy atom. The Balaban J connectivity index is 1.85. The molecule has 1 aromatic carbocycles. The molecule has 1 aliphatic heterocycles. The van der Waals surface area contributed by atoms with Crippen LogP contribution in [-0.4, -0.2) is 53.8 Å². The number of thioether (sulfide) groups is 1. The Labute approximate surface area is 183 Å². The van der Waals surface area contributed by atoms with Gasteiger partial charge in [0.1, 0.15) is 5.69 Å². The van der Waals surface area contributed by atoms with Crippen molar-refractivity contribution >= 4 is 17.7 Å². The van der Waals surface area contributed by atoms with E-state index in [1.54, 1.807) is 23.1 Å². The summed E-state index contributed by atoms with van der Waals surface area (Å²) in [6, 6.07) is 5.63. The first-order valence-corrected chi connectivity index (χ1v) is 10.8. The molecule has 1 aromatic heterocycles. The normalized spacial score (nSPS) is 15.1. The van der Waals surface area contributed by atoms with Gasteiger partial charge in [-0.3, -0.25) is 4.79 Å². The second-order valence-electron chi connectivity index (χ2n) is 7.34. The molecule has 31 heavy (non-hydrogen) atoms. The largest absolute Gasteiger partial charge is 0.493 e. The molecule has 1 fully saturated rings. The molecule has 0 N–H and O–H groups in total. The highest BCUT2D eigenvalue weighted by Gasteiger charge is 2.34. The summed E-state index contributed by atoms with van der Waals surface area (Å²) in [4.78, 5) is 22.1. The van der Waals surface area contributed by atoms with Crippen LogP contribution >= 0.6 is 11.8 Å². The van der Waals surface area contributed by atoms with Crippen molar-refractivity contribution < 1.29 is 27.4 Å². The lowest BCUT2D eigenvalue weighted by molar-refractivity contribution is -0.141. The van der Waals surface area contributed by atoms with Crippen LogP contribution < -0.4 is 9.47 Å². The second kappa shape index (κ2) is 9.76. The van der Waals surface area contributed by atoms with Crippen molar-refractivity contribution in [2.24, 2.45) is 5.92 Å². The Bertz CT molecular complexity index is 932. The summed E-state index contributed by atoms with van der Waals surface area (Å²) >= 11 is 0.910. The Hall–Kier alpha value is -2.49. The Kier molecular flexibility index (Phi) is 7.30. The van der Waals surface area contributed by atoms with E-state index in [-0.39, 0.29) is 22.5 Å². The van der Waals surface area contributed by atoms with Gasteiger partial charge in [-0.25, -0.2) is 9.97 Å². The van der Waals surface area contributed by atoms with Crippen LogP contribution in [0.25, 0.3) is 11.3 Å². The van der Waals surface area contributed by atoms with Crippen LogP contribution in [0.15, 0.2) is 29.4 Å². The van der Waals surface area contributed by atoms with Gasteiger partial charge in [0.25, 0.3) is 0 Å². The fourth-order valence-corrected chi connectivity index (χ4v) is 4.01. The van der Waals surface area contributed by atoms with Crippen molar-refractivity contribution in [3.05, 3.63) is 30.0 Å². The van der Waals surface area contributed by atoms with Crippen molar-refractivity contribution in [3.8, 4) is 22.8 Å². The standard InChI is InChI=1S/C21H24F3N3O3S/c1-13-6-8-27(9-7-13)19(28)12-31-20-25-15(11-18(26-20)21(22,23)24)14-4-5-16(29-2)17(10-14)30-3/h4-5,10-11,13H,6-9,12H2,1-3H3. The summed E-state index contributed by atoms with van der Waals surface area (Å²) in [7, 11) is 2.91.